The Morgan fingerprint density at radius 1 is 1.25 bits per heavy atom. The Balaban J connectivity index is 2.77. The second-order valence-corrected chi connectivity index (χ2v) is 8.16. The highest BCUT2D eigenvalue weighted by molar-refractivity contribution is 7.09. The highest BCUT2D eigenvalue weighted by atomic mass is 32.1. The molecule has 0 atom stereocenters. The van der Waals surface area contributed by atoms with Crippen molar-refractivity contribution < 1.29 is 9.90 Å². The lowest BCUT2D eigenvalue weighted by Crippen LogP contribution is -2.54. The van der Waals surface area contributed by atoms with Gasteiger partial charge in [-0.3, -0.25) is 4.79 Å². The van der Waals surface area contributed by atoms with Crippen molar-refractivity contribution in [3.8, 4) is 0 Å². The van der Waals surface area contributed by atoms with Crippen molar-refractivity contribution in [2.24, 2.45) is 5.41 Å². The number of hydrogen-bond donors (Lipinski definition) is 2. The summed E-state index contributed by atoms with van der Waals surface area (Å²) in [7, 11) is 0. The molecular formula is C15H26N2O2S. The second-order valence-electron chi connectivity index (χ2n) is 7.30. The number of aromatic nitrogens is 1. The fourth-order valence-electron chi connectivity index (χ4n) is 1.53. The van der Waals surface area contributed by atoms with Crippen LogP contribution in [0.1, 0.15) is 59.2 Å². The summed E-state index contributed by atoms with van der Waals surface area (Å²) < 4.78 is 0. The van der Waals surface area contributed by atoms with Crippen LogP contribution in [0.3, 0.4) is 0 Å². The van der Waals surface area contributed by atoms with Crippen LogP contribution in [0.15, 0.2) is 5.38 Å². The van der Waals surface area contributed by atoms with Crippen LogP contribution in [0.5, 0.6) is 0 Å². The maximum Gasteiger partial charge on any atom is 0.310 e. The lowest BCUT2D eigenvalue weighted by Gasteiger charge is -2.39. The summed E-state index contributed by atoms with van der Waals surface area (Å²) in [5.41, 5.74) is -0.354. The Morgan fingerprint density at radius 3 is 2.20 bits per heavy atom. The number of thiazole rings is 1. The molecule has 1 aromatic heterocycles. The third-order valence-electron chi connectivity index (χ3n) is 4.00. The fourth-order valence-corrected chi connectivity index (χ4v) is 2.44. The van der Waals surface area contributed by atoms with Gasteiger partial charge in [0.25, 0.3) is 0 Å². The second kappa shape index (κ2) is 5.45. The number of carboxylic acids is 1. The van der Waals surface area contributed by atoms with Gasteiger partial charge in [-0.25, -0.2) is 4.98 Å². The van der Waals surface area contributed by atoms with E-state index >= 15 is 0 Å². The van der Waals surface area contributed by atoms with E-state index in [-0.39, 0.29) is 5.41 Å². The van der Waals surface area contributed by atoms with Crippen molar-refractivity contribution in [3.63, 3.8) is 0 Å². The number of hydrogen-bond acceptors (Lipinski definition) is 4. The summed E-state index contributed by atoms with van der Waals surface area (Å²) in [6, 6.07) is 0. The van der Waals surface area contributed by atoms with Crippen LogP contribution >= 0.6 is 11.3 Å². The molecule has 0 aromatic carbocycles. The maximum absolute atomic E-state index is 11.4. The SMILES string of the molecule is CC(C)(C)c1nc(CNC(C)(C)C(C)(C)C(=O)O)cs1. The molecular weight excluding hydrogens is 272 g/mol. The van der Waals surface area contributed by atoms with Gasteiger partial charge in [0.05, 0.1) is 16.1 Å². The van der Waals surface area contributed by atoms with Crippen molar-refractivity contribution in [1.29, 1.82) is 0 Å². The van der Waals surface area contributed by atoms with Crippen molar-refractivity contribution in [2.75, 3.05) is 0 Å². The van der Waals surface area contributed by atoms with Gasteiger partial charge in [0, 0.05) is 22.9 Å². The van der Waals surface area contributed by atoms with Gasteiger partial charge in [0.2, 0.25) is 0 Å². The van der Waals surface area contributed by atoms with E-state index in [1.54, 1.807) is 25.2 Å². The molecule has 0 aliphatic carbocycles. The molecule has 0 aliphatic rings. The van der Waals surface area contributed by atoms with Gasteiger partial charge < -0.3 is 10.4 Å². The summed E-state index contributed by atoms with van der Waals surface area (Å²) in [5, 5.41) is 15.8. The van der Waals surface area contributed by atoms with Crippen LogP contribution < -0.4 is 5.32 Å². The van der Waals surface area contributed by atoms with E-state index in [0.717, 1.165) is 10.7 Å². The highest BCUT2D eigenvalue weighted by Crippen LogP contribution is 2.31. The highest BCUT2D eigenvalue weighted by Gasteiger charge is 2.43. The van der Waals surface area contributed by atoms with Gasteiger partial charge in [0.15, 0.2) is 0 Å². The van der Waals surface area contributed by atoms with Crippen LogP contribution in [0.2, 0.25) is 0 Å². The summed E-state index contributed by atoms with van der Waals surface area (Å²) >= 11 is 1.65. The molecule has 0 spiro atoms. The van der Waals surface area contributed by atoms with Crippen molar-refractivity contribution in [3.05, 3.63) is 16.1 Å². The first-order chi connectivity index (χ1) is 8.88. The molecule has 1 aromatic rings. The molecule has 0 radical (unpaired) electrons. The number of nitrogens with zero attached hydrogens (tertiary/aromatic N) is 1. The van der Waals surface area contributed by atoms with Gasteiger partial charge in [-0.15, -0.1) is 11.3 Å². The zero-order valence-corrected chi connectivity index (χ0v) is 14.3. The topological polar surface area (TPSA) is 62.2 Å². The molecule has 0 fully saturated rings. The largest absolute Gasteiger partial charge is 0.481 e. The average molecular weight is 298 g/mol. The molecule has 20 heavy (non-hydrogen) atoms. The van der Waals surface area contributed by atoms with Crippen molar-refractivity contribution >= 4 is 17.3 Å². The van der Waals surface area contributed by atoms with Crippen molar-refractivity contribution in [1.82, 2.24) is 10.3 Å². The summed E-state index contributed by atoms with van der Waals surface area (Å²) in [5.74, 6) is -0.802. The van der Waals surface area contributed by atoms with Crippen LogP contribution in [0.25, 0.3) is 0 Å². The first-order valence-corrected chi connectivity index (χ1v) is 7.69. The van der Waals surface area contributed by atoms with E-state index in [2.05, 4.69) is 31.1 Å². The molecule has 1 heterocycles. The number of rotatable bonds is 5. The number of aliphatic carboxylic acids is 1. The zero-order valence-electron chi connectivity index (χ0n) is 13.5. The minimum Gasteiger partial charge on any atom is -0.481 e. The predicted molar refractivity (Wildman–Crippen MR) is 83.1 cm³/mol. The van der Waals surface area contributed by atoms with Gasteiger partial charge >= 0.3 is 5.97 Å². The van der Waals surface area contributed by atoms with Crippen molar-refractivity contribution in [2.45, 2.75) is 66.0 Å². The molecule has 0 aliphatic heterocycles. The monoisotopic (exact) mass is 298 g/mol. The Labute approximate surface area is 125 Å². The molecule has 0 saturated heterocycles. The van der Waals surface area contributed by atoms with E-state index in [1.165, 1.54) is 0 Å². The molecule has 0 bridgehead atoms. The normalized spacial score (nSPS) is 13.6. The fraction of sp³-hybridized carbons (Fsp3) is 0.733. The molecule has 1 rings (SSSR count). The van der Waals surface area contributed by atoms with E-state index in [9.17, 15) is 9.90 Å². The lowest BCUT2D eigenvalue weighted by molar-refractivity contribution is -0.151. The zero-order chi connectivity index (χ0) is 15.8. The molecule has 2 N–H and O–H groups in total. The van der Waals surface area contributed by atoms with Gasteiger partial charge in [-0.2, -0.15) is 0 Å². The Bertz CT molecular complexity index is 484. The quantitative estimate of drug-likeness (QED) is 0.874. The molecule has 0 saturated carbocycles. The molecule has 4 nitrogen and oxygen atoms in total. The molecule has 5 heteroatoms. The first-order valence-electron chi connectivity index (χ1n) is 6.81. The minimum absolute atomic E-state index is 0.0543. The van der Waals surface area contributed by atoms with E-state index in [1.807, 2.05) is 19.2 Å². The van der Waals surface area contributed by atoms with Crippen LogP contribution in [0.4, 0.5) is 0 Å². The van der Waals surface area contributed by atoms with E-state index in [0.29, 0.717) is 6.54 Å². The Hall–Kier alpha value is -0.940. The summed E-state index contributed by atoms with van der Waals surface area (Å²) in [6.07, 6.45) is 0. The Morgan fingerprint density at radius 2 is 1.80 bits per heavy atom. The van der Waals surface area contributed by atoms with Gasteiger partial charge in [-0.1, -0.05) is 20.8 Å². The maximum atomic E-state index is 11.4. The summed E-state index contributed by atoms with van der Waals surface area (Å²) in [6.45, 7) is 14.3. The third-order valence-corrected chi connectivity index (χ3v) is 5.32. The van der Waals surface area contributed by atoms with Gasteiger partial charge in [-0.05, 0) is 27.7 Å². The number of carboxylic acid groups (broad SMARTS) is 1. The van der Waals surface area contributed by atoms with Crippen LogP contribution in [-0.2, 0) is 16.8 Å². The standard InChI is InChI=1S/C15H26N2O2S/c1-13(2,3)11-17-10(9-20-11)8-16-15(6,7)14(4,5)12(18)19/h9,16H,8H2,1-7H3,(H,18,19). The smallest absolute Gasteiger partial charge is 0.310 e. The number of carbonyl (C=O) groups is 1. The number of nitrogens with one attached hydrogen (secondary N) is 1. The third kappa shape index (κ3) is 3.58. The van der Waals surface area contributed by atoms with E-state index in [4.69, 9.17) is 0 Å². The predicted octanol–water partition coefficient (Wildman–Crippen LogP) is 3.42. The minimum atomic E-state index is -0.851. The molecule has 0 amide bonds. The molecule has 114 valence electrons. The van der Waals surface area contributed by atoms with Crippen LogP contribution in [0, 0.1) is 5.41 Å². The van der Waals surface area contributed by atoms with Gasteiger partial charge in [0.1, 0.15) is 0 Å². The Kier molecular flexibility index (Phi) is 4.66. The lowest BCUT2D eigenvalue weighted by atomic mass is 9.74. The van der Waals surface area contributed by atoms with Crippen LogP contribution in [-0.4, -0.2) is 21.6 Å². The summed E-state index contributed by atoms with van der Waals surface area (Å²) in [4.78, 5) is 16.0. The average Bonchev–Trinajstić information content (AvgIpc) is 2.74. The molecule has 0 unspecified atom stereocenters. The van der Waals surface area contributed by atoms with E-state index < -0.39 is 16.9 Å². The first kappa shape index (κ1) is 17.1.